The van der Waals surface area contributed by atoms with Crippen LogP contribution in [-0.4, -0.2) is 36.1 Å². The Morgan fingerprint density at radius 2 is 1.94 bits per heavy atom. The summed E-state index contributed by atoms with van der Waals surface area (Å²) < 4.78 is 0. The van der Waals surface area contributed by atoms with Crippen LogP contribution in [0, 0.1) is 11.8 Å². The summed E-state index contributed by atoms with van der Waals surface area (Å²) in [7, 11) is 0. The molecule has 100 valence electrons. The van der Waals surface area contributed by atoms with Gasteiger partial charge in [-0.1, -0.05) is 13.8 Å². The van der Waals surface area contributed by atoms with Crippen LogP contribution in [0.25, 0.3) is 0 Å². The second-order valence-electron chi connectivity index (χ2n) is 6.78. The summed E-state index contributed by atoms with van der Waals surface area (Å²) in [6.45, 7) is 13.4. The average molecular weight is 238 g/mol. The van der Waals surface area contributed by atoms with Crippen molar-refractivity contribution >= 4 is 0 Å². The Labute approximate surface area is 107 Å². The maximum absolute atomic E-state index is 3.71. The highest BCUT2D eigenvalue weighted by Gasteiger charge is 2.42. The third-order valence-corrected chi connectivity index (χ3v) is 4.92. The highest BCUT2D eigenvalue weighted by atomic mass is 15.2. The van der Waals surface area contributed by atoms with Crippen molar-refractivity contribution in [2.75, 3.05) is 19.6 Å². The molecule has 1 aliphatic heterocycles. The molecule has 2 heteroatoms. The van der Waals surface area contributed by atoms with Gasteiger partial charge in [-0.3, -0.25) is 4.90 Å². The molecular formula is C15H30N2. The Hall–Kier alpha value is -0.0800. The molecule has 0 aromatic carbocycles. The van der Waals surface area contributed by atoms with Crippen molar-refractivity contribution in [3.05, 3.63) is 0 Å². The lowest BCUT2D eigenvalue weighted by Crippen LogP contribution is -2.52. The Balaban J connectivity index is 1.99. The van der Waals surface area contributed by atoms with Gasteiger partial charge in [0.2, 0.25) is 0 Å². The Kier molecular flexibility index (Phi) is 4.14. The standard InChI is InChI=1S/C15H30N2/c1-5-14-8-9-17(11-12(2)10-16-14)15(3,4)13-6-7-13/h12-14,16H,5-11H2,1-4H3. The first-order valence-corrected chi connectivity index (χ1v) is 7.52. The van der Waals surface area contributed by atoms with E-state index in [0.29, 0.717) is 5.54 Å². The van der Waals surface area contributed by atoms with E-state index in [9.17, 15) is 0 Å². The van der Waals surface area contributed by atoms with Gasteiger partial charge in [-0.15, -0.1) is 0 Å². The maximum atomic E-state index is 3.71. The van der Waals surface area contributed by atoms with E-state index < -0.39 is 0 Å². The van der Waals surface area contributed by atoms with Crippen LogP contribution >= 0.6 is 0 Å². The topological polar surface area (TPSA) is 15.3 Å². The van der Waals surface area contributed by atoms with E-state index in [-0.39, 0.29) is 0 Å². The number of hydrogen-bond donors (Lipinski definition) is 1. The van der Waals surface area contributed by atoms with E-state index in [1.165, 1.54) is 45.3 Å². The highest BCUT2D eigenvalue weighted by Crippen LogP contribution is 2.43. The van der Waals surface area contributed by atoms with Crippen molar-refractivity contribution in [3.8, 4) is 0 Å². The Morgan fingerprint density at radius 3 is 2.53 bits per heavy atom. The number of nitrogens with zero attached hydrogens (tertiary/aromatic N) is 1. The minimum atomic E-state index is 0.434. The summed E-state index contributed by atoms with van der Waals surface area (Å²) in [5.41, 5.74) is 0.434. The fourth-order valence-corrected chi connectivity index (χ4v) is 3.23. The van der Waals surface area contributed by atoms with Crippen LogP contribution < -0.4 is 5.32 Å². The van der Waals surface area contributed by atoms with Crippen molar-refractivity contribution in [2.24, 2.45) is 11.8 Å². The molecule has 1 N–H and O–H groups in total. The molecule has 0 aromatic rings. The fraction of sp³-hybridized carbons (Fsp3) is 1.00. The van der Waals surface area contributed by atoms with Gasteiger partial charge >= 0.3 is 0 Å². The van der Waals surface area contributed by atoms with Gasteiger partial charge in [-0.2, -0.15) is 0 Å². The molecule has 1 aliphatic carbocycles. The van der Waals surface area contributed by atoms with Crippen LogP contribution in [0.15, 0.2) is 0 Å². The van der Waals surface area contributed by atoms with Crippen LogP contribution in [0.3, 0.4) is 0 Å². The number of rotatable bonds is 3. The van der Waals surface area contributed by atoms with E-state index in [4.69, 9.17) is 0 Å². The molecule has 2 unspecified atom stereocenters. The summed E-state index contributed by atoms with van der Waals surface area (Å²) in [6.07, 6.45) is 5.49. The molecule has 2 fully saturated rings. The smallest absolute Gasteiger partial charge is 0.0181 e. The van der Waals surface area contributed by atoms with Gasteiger partial charge < -0.3 is 5.32 Å². The monoisotopic (exact) mass is 238 g/mol. The van der Waals surface area contributed by atoms with Gasteiger partial charge in [0.1, 0.15) is 0 Å². The predicted molar refractivity (Wildman–Crippen MR) is 74.2 cm³/mol. The molecule has 1 saturated heterocycles. The zero-order chi connectivity index (χ0) is 12.5. The van der Waals surface area contributed by atoms with Gasteiger partial charge in [0.25, 0.3) is 0 Å². The summed E-state index contributed by atoms with van der Waals surface area (Å²) in [5.74, 6) is 1.74. The summed E-state index contributed by atoms with van der Waals surface area (Å²) in [4.78, 5) is 2.78. The molecule has 1 saturated carbocycles. The molecule has 1 heterocycles. The molecule has 2 aliphatic rings. The second kappa shape index (κ2) is 5.27. The molecule has 2 atom stereocenters. The molecule has 2 nitrogen and oxygen atoms in total. The third kappa shape index (κ3) is 3.23. The van der Waals surface area contributed by atoms with E-state index in [1.807, 2.05) is 0 Å². The first-order valence-electron chi connectivity index (χ1n) is 7.52. The third-order valence-electron chi connectivity index (χ3n) is 4.92. The molecule has 17 heavy (non-hydrogen) atoms. The maximum Gasteiger partial charge on any atom is 0.0181 e. The van der Waals surface area contributed by atoms with Crippen molar-refractivity contribution in [1.29, 1.82) is 0 Å². The molecule has 0 amide bonds. The highest BCUT2D eigenvalue weighted by molar-refractivity contribution is 4.97. The zero-order valence-corrected chi connectivity index (χ0v) is 12.1. The van der Waals surface area contributed by atoms with Crippen molar-refractivity contribution in [1.82, 2.24) is 10.2 Å². The van der Waals surface area contributed by atoms with Crippen LogP contribution in [0.2, 0.25) is 0 Å². The van der Waals surface area contributed by atoms with E-state index in [0.717, 1.165) is 17.9 Å². The molecule has 0 spiro atoms. The first kappa shape index (κ1) is 13.4. The fourth-order valence-electron chi connectivity index (χ4n) is 3.23. The average Bonchev–Trinajstić information content (AvgIpc) is 3.07. The van der Waals surface area contributed by atoms with Crippen molar-refractivity contribution in [2.45, 2.75) is 65.0 Å². The quantitative estimate of drug-likeness (QED) is 0.813. The lowest BCUT2D eigenvalue weighted by Gasteiger charge is -2.43. The van der Waals surface area contributed by atoms with Gasteiger partial charge in [0.15, 0.2) is 0 Å². The first-order chi connectivity index (χ1) is 8.04. The van der Waals surface area contributed by atoms with Gasteiger partial charge in [0.05, 0.1) is 0 Å². The second-order valence-corrected chi connectivity index (χ2v) is 6.78. The molecule has 0 aromatic heterocycles. The minimum absolute atomic E-state index is 0.434. The van der Waals surface area contributed by atoms with E-state index >= 15 is 0 Å². The number of hydrogen-bond acceptors (Lipinski definition) is 2. The lowest BCUT2D eigenvalue weighted by atomic mass is 9.92. The van der Waals surface area contributed by atoms with Crippen LogP contribution in [0.4, 0.5) is 0 Å². The Bertz CT molecular complexity index is 245. The molecular weight excluding hydrogens is 208 g/mol. The lowest BCUT2D eigenvalue weighted by molar-refractivity contribution is 0.0680. The summed E-state index contributed by atoms with van der Waals surface area (Å²) in [5, 5.41) is 3.71. The predicted octanol–water partition coefficient (Wildman–Crippen LogP) is 2.89. The SMILES string of the molecule is CCC1CCN(C(C)(C)C2CC2)CC(C)CN1. The number of nitrogens with one attached hydrogen (secondary N) is 1. The van der Waals surface area contributed by atoms with Crippen LogP contribution in [0.5, 0.6) is 0 Å². The van der Waals surface area contributed by atoms with Crippen LogP contribution in [-0.2, 0) is 0 Å². The molecule has 2 rings (SSSR count). The van der Waals surface area contributed by atoms with E-state index in [1.54, 1.807) is 0 Å². The van der Waals surface area contributed by atoms with Gasteiger partial charge in [-0.25, -0.2) is 0 Å². The van der Waals surface area contributed by atoms with Gasteiger partial charge in [0, 0.05) is 24.7 Å². The summed E-state index contributed by atoms with van der Waals surface area (Å²) in [6, 6.07) is 0.732. The van der Waals surface area contributed by atoms with Crippen molar-refractivity contribution < 1.29 is 0 Å². The Morgan fingerprint density at radius 1 is 1.24 bits per heavy atom. The van der Waals surface area contributed by atoms with Gasteiger partial charge in [-0.05, 0) is 57.9 Å². The largest absolute Gasteiger partial charge is 0.314 e. The van der Waals surface area contributed by atoms with E-state index in [2.05, 4.69) is 37.9 Å². The molecule has 0 radical (unpaired) electrons. The molecule has 0 bridgehead atoms. The minimum Gasteiger partial charge on any atom is -0.314 e. The summed E-state index contributed by atoms with van der Waals surface area (Å²) >= 11 is 0. The van der Waals surface area contributed by atoms with Crippen LogP contribution in [0.1, 0.15) is 53.4 Å². The normalized spacial score (nSPS) is 33.2. The van der Waals surface area contributed by atoms with Crippen molar-refractivity contribution in [3.63, 3.8) is 0 Å². The zero-order valence-electron chi connectivity index (χ0n) is 12.1.